The third-order valence-corrected chi connectivity index (χ3v) is 2.46. The molecule has 0 spiro atoms. The summed E-state index contributed by atoms with van der Waals surface area (Å²) in [7, 11) is 0. The molecule has 0 saturated heterocycles. The summed E-state index contributed by atoms with van der Waals surface area (Å²) in [5.41, 5.74) is 0. The fourth-order valence-corrected chi connectivity index (χ4v) is 0.868. The Morgan fingerprint density at radius 3 is 2.62 bits per heavy atom. The van der Waals surface area contributed by atoms with E-state index in [4.69, 9.17) is 10.4 Å². The Hall–Kier alpha value is -0.250. The van der Waals surface area contributed by atoms with Crippen LogP contribution >= 0.6 is 0 Å². The molecule has 0 radical (unpaired) electrons. The van der Waals surface area contributed by atoms with Crippen LogP contribution in [0.4, 0.5) is 0 Å². The summed E-state index contributed by atoms with van der Waals surface area (Å²) in [5.74, 6) is -0.853. The van der Waals surface area contributed by atoms with Crippen molar-refractivity contribution in [2.75, 3.05) is 0 Å². The number of carboxylic acid groups (broad SMARTS) is 1. The van der Waals surface area contributed by atoms with E-state index in [0.717, 1.165) is 0 Å². The van der Waals surface area contributed by atoms with Crippen LogP contribution in [0.25, 0.3) is 0 Å². The third-order valence-electron chi connectivity index (χ3n) is 0.577. The molecular weight excluding hydrogens is 222 g/mol. The molecule has 1 N–H and O–H groups in total. The number of carboxylic acids is 1. The van der Waals surface area contributed by atoms with Gasteiger partial charge in [0.1, 0.15) is 0 Å². The Labute approximate surface area is 57.4 Å². The summed E-state index contributed by atoms with van der Waals surface area (Å²) in [4.78, 5) is 9.97. The van der Waals surface area contributed by atoms with E-state index in [1.54, 1.807) is 6.92 Å². The van der Waals surface area contributed by atoms with Crippen LogP contribution in [0.15, 0.2) is 0 Å². The normalized spacial score (nSPS) is 12.0. The Kier molecular flexibility index (Phi) is 3.60. The molecule has 0 aliphatic heterocycles. The van der Waals surface area contributed by atoms with Gasteiger partial charge >= 0.3 is 57.1 Å². The zero-order chi connectivity index (χ0) is 6.57. The van der Waals surface area contributed by atoms with Gasteiger partial charge < -0.3 is 0 Å². The maximum absolute atomic E-state index is 9.97. The quantitative estimate of drug-likeness (QED) is 0.678. The van der Waals surface area contributed by atoms with Crippen LogP contribution in [0.2, 0.25) is 3.97 Å². The zero-order valence-corrected chi connectivity index (χ0v) is 6.62. The standard InChI is InChI=1S/C4H5NO2Te/c1-3(4(6)7)8-2-5/h3H,1H3,(H,6,7). The SMILES string of the molecule is CC([Te]C#N)C(=O)O. The summed E-state index contributed by atoms with van der Waals surface area (Å²) in [6, 6.07) is 0. The number of rotatable bonds is 2. The zero-order valence-electron chi connectivity index (χ0n) is 4.29. The van der Waals surface area contributed by atoms with Gasteiger partial charge in [-0.3, -0.25) is 0 Å². The van der Waals surface area contributed by atoms with Crippen LogP contribution in [0, 0.1) is 9.38 Å². The van der Waals surface area contributed by atoms with Crippen LogP contribution in [0.5, 0.6) is 0 Å². The second-order valence-electron chi connectivity index (χ2n) is 1.19. The molecule has 0 fully saturated rings. The van der Waals surface area contributed by atoms with Crippen LogP contribution in [-0.4, -0.2) is 32.0 Å². The fraction of sp³-hybridized carbons (Fsp3) is 0.500. The molecule has 8 heavy (non-hydrogen) atoms. The van der Waals surface area contributed by atoms with Crippen molar-refractivity contribution < 1.29 is 9.90 Å². The average Bonchev–Trinajstić information content (AvgIpc) is 1.67. The molecule has 0 aliphatic rings. The monoisotopic (exact) mass is 229 g/mol. The minimum absolute atomic E-state index is 0.398. The van der Waals surface area contributed by atoms with Gasteiger partial charge in [-0.05, 0) is 0 Å². The number of nitrogens with zero attached hydrogens (tertiary/aromatic N) is 1. The summed E-state index contributed by atoms with van der Waals surface area (Å²) in [5, 5.41) is 16.2. The number of nitriles is 1. The molecule has 0 aromatic carbocycles. The van der Waals surface area contributed by atoms with E-state index in [9.17, 15) is 4.79 Å². The summed E-state index contributed by atoms with van der Waals surface area (Å²) in [6.45, 7) is 1.56. The van der Waals surface area contributed by atoms with Crippen molar-refractivity contribution in [1.82, 2.24) is 0 Å². The average molecular weight is 227 g/mol. The number of aliphatic carboxylic acids is 1. The molecule has 0 bridgehead atoms. The second-order valence-corrected chi connectivity index (χ2v) is 4.40. The van der Waals surface area contributed by atoms with Crippen LogP contribution in [-0.2, 0) is 4.79 Å². The molecular formula is C4H5NO2Te. The number of hydrogen-bond donors (Lipinski definition) is 1. The number of carbonyl (C=O) groups is 1. The van der Waals surface area contributed by atoms with Crippen molar-refractivity contribution >= 4 is 26.9 Å². The Morgan fingerprint density at radius 2 is 2.50 bits per heavy atom. The van der Waals surface area contributed by atoms with Gasteiger partial charge in [-0.1, -0.05) is 0 Å². The van der Waals surface area contributed by atoms with E-state index in [2.05, 4.69) is 0 Å². The van der Waals surface area contributed by atoms with Gasteiger partial charge in [0.2, 0.25) is 0 Å². The molecule has 0 saturated carbocycles. The van der Waals surface area contributed by atoms with Crippen molar-refractivity contribution in [2.45, 2.75) is 10.9 Å². The van der Waals surface area contributed by atoms with Gasteiger partial charge in [0.25, 0.3) is 0 Å². The van der Waals surface area contributed by atoms with Crippen molar-refractivity contribution in [3.63, 3.8) is 0 Å². The predicted molar refractivity (Wildman–Crippen MR) is 28.4 cm³/mol. The topological polar surface area (TPSA) is 61.1 Å². The molecule has 0 aromatic rings. The van der Waals surface area contributed by atoms with Crippen molar-refractivity contribution in [3.05, 3.63) is 0 Å². The minimum atomic E-state index is -0.926. The summed E-state index contributed by atoms with van der Waals surface area (Å²) >= 11 is -0.926. The van der Waals surface area contributed by atoms with Crippen molar-refractivity contribution in [1.29, 1.82) is 5.26 Å². The Bertz CT molecular complexity index is 128. The van der Waals surface area contributed by atoms with E-state index < -0.39 is 30.9 Å². The Balaban J connectivity index is 3.52. The maximum atomic E-state index is 9.97. The van der Waals surface area contributed by atoms with Gasteiger partial charge in [0.05, 0.1) is 0 Å². The van der Waals surface area contributed by atoms with Crippen molar-refractivity contribution in [2.24, 2.45) is 0 Å². The third kappa shape index (κ3) is 2.85. The van der Waals surface area contributed by atoms with E-state index >= 15 is 0 Å². The molecule has 0 heterocycles. The van der Waals surface area contributed by atoms with E-state index in [1.165, 1.54) is 0 Å². The molecule has 4 heteroatoms. The molecule has 0 aliphatic carbocycles. The van der Waals surface area contributed by atoms with E-state index in [1.807, 2.05) is 4.12 Å². The van der Waals surface area contributed by atoms with Gasteiger partial charge in [-0.25, -0.2) is 0 Å². The van der Waals surface area contributed by atoms with E-state index in [-0.39, 0.29) is 0 Å². The molecule has 0 amide bonds. The molecule has 1 atom stereocenters. The molecule has 0 aromatic heterocycles. The van der Waals surface area contributed by atoms with Gasteiger partial charge in [-0.2, -0.15) is 0 Å². The van der Waals surface area contributed by atoms with E-state index in [0.29, 0.717) is 0 Å². The van der Waals surface area contributed by atoms with Crippen LogP contribution in [0.3, 0.4) is 0 Å². The molecule has 1 unspecified atom stereocenters. The molecule has 3 nitrogen and oxygen atoms in total. The predicted octanol–water partition coefficient (Wildman–Crippen LogP) is 0.0647. The van der Waals surface area contributed by atoms with Gasteiger partial charge in [0, 0.05) is 0 Å². The first-order valence-electron chi connectivity index (χ1n) is 1.96. The van der Waals surface area contributed by atoms with Gasteiger partial charge in [0.15, 0.2) is 0 Å². The summed E-state index contributed by atoms with van der Waals surface area (Å²) < 4.78 is 1.50. The number of hydrogen-bond acceptors (Lipinski definition) is 2. The van der Waals surface area contributed by atoms with Crippen LogP contribution < -0.4 is 0 Å². The van der Waals surface area contributed by atoms with Crippen LogP contribution in [0.1, 0.15) is 6.92 Å². The molecule has 0 rings (SSSR count). The fourth-order valence-electron chi connectivity index (χ4n) is 0.129. The Morgan fingerprint density at radius 1 is 2.00 bits per heavy atom. The first-order chi connectivity index (χ1) is 3.68. The first kappa shape index (κ1) is 7.75. The molecule has 44 valence electrons. The summed E-state index contributed by atoms with van der Waals surface area (Å²) in [6.07, 6.45) is 0. The van der Waals surface area contributed by atoms with Gasteiger partial charge in [-0.15, -0.1) is 0 Å². The first-order valence-corrected chi connectivity index (χ1v) is 4.47. The van der Waals surface area contributed by atoms with Crippen molar-refractivity contribution in [3.8, 4) is 4.12 Å². The second kappa shape index (κ2) is 3.72.